The zero-order chi connectivity index (χ0) is 20.8. The molecule has 0 saturated heterocycles. The van der Waals surface area contributed by atoms with Crippen molar-refractivity contribution in [1.82, 2.24) is 0 Å². The van der Waals surface area contributed by atoms with E-state index in [1.54, 1.807) is 6.07 Å². The summed E-state index contributed by atoms with van der Waals surface area (Å²) in [5.74, 6) is 1.07. The van der Waals surface area contributed by atoms with Crippen LogP contribution >= 0.6 is 31.9 Å². The Morgan fingerprint density at radius 3 is 2.32 bits per heavy atom. The van der Waals surface area contributed by atoms with Crippen LogP contribution in [0.15, 0.2) is 39.3 Å². The lowest BCUT2D eigenvalue weighted by molar-refractivity contribution is -0.122. The lowest BCUT2D eigenvalue weighted by Gasteiger charge is -2.14. The normalized spacial score (nSPS) is 12.2. The van der Waals surface area contributed by atoms with Crippen LogP contribution in [0.2, 0.25) is 0 Å². The molecule has 0 unspecified atom stereocenters. The van der Waals surface area contributed by atoms with Crippen LogP contribution < -0.4 is 4.74 Å². The largest absolute Gasteiger partial charge is 0.508 e. The second-order valence-corrected chi connectivity index (χ2v) is 9.12. The molecule has 0 spiro atoms. The molecule has 2 aromatic rings. The summed E-state index contributed by atoms with van der Waals surface area (Å²) in [6.45, 7) is 5.91. The third-order valence-corrected chi connectivity index (χ3v) is 5.91. The van der Waals surface area contributed by atoms with E-state index in [-0.39, 0.29) is 30.8 Å². The van der Waals surface area contributed by atoms with Gasteiger partial charge in [-0.1, -0.05) is 64.8 Å². The second kappa shape index (κ2) is 10.4. The molecule has 0 heterocycles. The van der Waals surface area contributed by atoms with Crippen LogP contribution in [0.5, 0.6) is 11.5 Å². The molecule has 2 aromatic carbocycles. The number of rotatable bonds is 9. The number of ketones is 1. The van der Waals surface area contributed by atoms with Crippen molar-refractivity contribution >= 4 is 37.6 Å². The fourth-order valence-corrected chi connectivity index (χ4v) is 4.31. The molecular weight excluding hydrogens is 488 g/mol. The van der Waals surface area contributed by atoms with Crippen molar-refractivity contribution < 1.29 is 19.7 Å². The molecule has 0 aliphatic carbocycles. The minimum absolute atomic E-state index is 0.00663. The summed E-state index contributed by atoms with van der Waals surface area (Å²) in [7, 11) is 0. The Morgan fingerprint density at radius 1 is 1.11 bits per heavy atom. The summed E-state index contributed by atoms with van der Waals surface area (Å²) in [5, 5.41) is 19.1. The number of phenols is 1. The van der Waals surface area contributed by atoms with E-state index in [2.05, 4.69) is 45.7 Å². The molecule has 2 N–H and O–H groups in total. The molecule has 28 heavy (non-hydrogen) atoms. The molecule has 0 saturated carbocycles. The van der Waals surface area contributed by atoms with Gasteiger partial charge in [-0.15, -0.1) is 0 Å². The predicted octanol–water partition coefficient (Wildman–Crippen LogP) is 5.60. The van der Waals surface area contributed by atoms with E-state index in [9.17, 15) is 9.90 Å². The second-order valence-electron chi connectivity index (χ2n) is 7.41. The number of hydrogen-bond acceptors (Lipinski definition) is 4. The topological polar surface area (TPSA) is 66.8 Å². The quantitative estimate of drug-likeness (QED) is 0.458. The van der Waals surface area contributed by atoms with E-state index >= 15 is 0 Å². The van der Waals surface area contributed by atoms with Gasteiger partial charge in [-0.25, -0.2) is 0 Å². The molecule has 0 aromatic heterocycles. The number of carbonyl (C=O) groups excluding carboxylic acids is 1. The first kappa shape index (κ1) is 22.9. The Kier molecular flexibility index (Phi) is 8.53. The van der Waals surface area contributed by atoms with Gasteiger partial charge in [-0.05, 0) is 53.1 Å². The molecule has 0 fully saturated rings. The fourth-order valence-electron chi connectivity index (χ4n) is 2.89. The average Bonchev–Trinajstić information content (AvgIpc) is 2.63. The van der Waals surface area contributed by atoms with Crippen molar-refractivity contribution in [2.75, 3.05) is 13.2 Å². The highest BCUT2D eigenvalue weighted by Gasteiger charge is 2.14. The van der Waals surface area contributed by atoms with Gasteiger partial charge >= 0.3 is 0 Å². The zero-order valence-electron chi connectivity index (χ0n) is 16.3. The maximum atomic E-state index is 11.9. The molecule has 4 nitrogen and oxygen atoms in total. The van der Waals surface area contributed by atoms with Gasteiger partial charge in [0.15, 0.2) is 5.78 Å². The van der Waals surface area contributed by atoms with E-state index in [0.717, 1.165) is 25.6 Å². The highest BCUT2D eigenvalue weighted by atomic mass is 79.9. The molecule has 0 amide bonds. The number of carbonyl (C=O) groups is 1. The molecular formula is C22H26Br2O4. The van der Waals surface area contributed by atoms with E-state index in [0.29, 0.717) is 24.3 Å². The van der Waals surface area contributed by atoms with Crippen molar-refractivity contribution in [1.29, 1.82) is 0 Å². The van der Waals surface area contributed by atoms with Gasteiger partial charge in [0.1, 0.15) is 18.1 Å². The number of ether oxygens (including phenoxy) is 1. The molecule has 152 valence electrons. The summed E-state index contributed by atoms with van der Waals surface area (Å²) >= 11 is 7.20. The van der Waals surface area contributed by atoms with Crippen LogP contribution in [0.25, 0.3) is 0 Å². The monoisotopic (exact) mass is 512 g/mol. The minimum atomic E-state index is -0.0574. The van der Waals surface area contributed by atoms with Crippen LogP contribution in [0.3, 0.4) is 0 Å². The number of hydrogen-bond donors (Lipinski definition) is 2. The summed E-state index contributed by atoms with van der Waals surface area (Å²) in [6, 6.07) is 9.40. The first-order chi connectivity index (χ1) is 13.2. The average molecular weight is 514 g/mol. The maximum absolute atomic E-state index is 11.9. The molecule has 6 heteroatoms. The van der Waals surface area contributed by atoms with Crippen molar-refractivity contribution in [3.8, 4) is 11.5 Å². The van der Waals surface area contributed by atoms with E-state index in [1.165, 1.54) is 0 Å². The molecule has 1 atom stereocenters. The van der Waals surface area contributed by atoms with Crippen molar-refractivity contribution in [2.45, 2.75) is 39.5 Å². The van der Waals surface area contributed by atoms with Crippen LogP contribution in [-0.2, 0) is 11.2 Å². The van der Waals surface area contributed by atoms with Crippen LogP contribution in [0.4, 0.5) is 0 Å². The standard InChI is InChI=1S/C22H26Br2O4/c1-13(2)18-7-15(4-5-22(18)27)8-19-20(23)9-17(10-21(19)24)28-12-16(26)6-14(3)11-25/h4-5,7,9-10,13-14,25,27H,6,8,11-12H2,1-3H3/t14-/m0/s1. The fraction of sp³-hybridized carbons (Fsp3) is 0.409. The number of benzene rings is 2. The molecule has 0 bridgehead atoms. The van der Waals surface area contributed by atoms with Gasteiger partial charge in [-0.2, -0.15) is 0 Å². The maximum Gasteiger partial charge on any atom is 0.170 e. The lowest BCUT2D eigenvalue weighted by atomic mass is 9.96. The van der Waals surface area contributed by atoms with Crippen LogP contribution in [0.1, 0.15) is 49.8 Å². The number of phenolic OH excluding ortho intramolecular Hbond substituents is 1. The van der Waals surface area contributed by atoms with Gasteiger partial charge < -0.3 is 14.9 Å². The van der Waals surface area contributed by atoms with Crippen molar-refractivity contribution in [3.63, 3.8) is 0 Å². The van der Waals surface area contributed by atoms with Gasteiger partial charge in [0.25, 0.3) is 0 Å². The number of aromatic hydroxyl groups is 1. The van der Waals surface area contributed by atoms with E-state index in [1.807, 2.05) is 31.2 Å². The van der Waals surface area contributed by atoms with E-state index < -0.39 is 0 Å². The summed E-state index contributed by atoms with van der Waals surface area (Å²) in [4.78, 5) is 11.9. The molecule has 2 rings (SSSR count). The van der Waals surface area contributed by atoms with Crippen LogP contribution in [0, 0.1) is 5.92 Å². The molecule has 0 aliphatic rings. The third-order valence-electron chi connectivity index (χ3n) is 4.50. The van der Waals surface area contributed by atoms with E-state index in [4.69, 9.17) is 9.84 Å². The Hall–Kier alpha value is -1.37. The zero-order valence-corrected chi connectivity index (χ0v) is 19.5. The summed E-state index contributed by atoms with van der Waals surface area (Å²) < 4.78 is 7.39. The Labute approximate surface area is 183 Å². The van der Waals surface area contributed by atoms with Gasteiger partial charge in [0, 0.05) is 22.0 Å². The van der Waals surface area contributed by atoms with Crippen molar-refractivity contribution in [2.24, 2.45) is 5.92 Å². The number of aliphatic hydroxyl groups is 1. The number of Topliss-reactive ketones (excluding diaryl/α,β-unsaturated/α-hetero) is 1. The van der Waals surface area contributed by atoms with Crippen LogP contribution in [-0.4, -0.2) is 29.2 Å². The summed E-state index contributed by atoms with van der Waals surface area (Å²) in [6.07, 6.45) is 0.990. The first-order valence-electron chi connectivity index (χ1n) is 9.26. The molecule has 0 aliphatic heterocycles. The van der Waals surface area contributed by atoms with Crippen molar-refractivity contribution in [3.05, 3.63) is 56.0 Å². The first-order valence-corrected chi connectivity index (χ1v) is 10.8. The SMILES string of the molecule is CC(C)c1cc(Cc2c(Br)cc(OCC(=O)C[C@H](C)CO)cc2Br)ccc1O. The summed E-state index contributed by atoms with van der Waals surface area (Å²) in [5.41, 5.74) is 3.10. The predicted molar refractivity (Wildman–Crippen MR) is 118 cm³/mol. The minimum Gasteiger partial charge on any atom is -0.508 e. The number of halogens is 2. The highest BCUT2D eigenvalue weighted by Crippen LogP contribution is 2.34. The highest BCUT2D eigenvalue weighted by molar-refractivity contribution is 9.11. The Bertz CT molecular complexity index is 810. The van der Waals surface area contributed by atoms with Gasteiger partial charge in [0.05, 0.1) is 0 Å². The van der Waals surface area contributed by atoms with Gasteiger partial charge in [-0.3, -0.25) is 4.79 Å². The smallest absolute Gasteiger partial charge is 0.170 e. The third kappa shape index (κ3) is 6.33. The Balaban J connectivity index is 2.12. The number of aliphatic hydroxyl groups excluding tert-OH is 1. The Morgan fingerprint density at radius 2 is 1.75 bits per heavy atom. The van der Waals surface area contributed by atoms with Gasteiger partial charge in [0.2, 0.25) is 0 Å². The molecule has 0 radical (unpaired) electrons. The lowest BCUT2D eigenvalue weighted by Crippen LogP contribution is -2.16.